The Hall–Kier alpha value is -2.31. The lowest BCUT2D eigenvalue weighted by Crippen LogP contribution is -2.25. The van der Waals surface area contributed by atoms with E-state index < -0.39 is 4.92 Å². The molecule has 0 aliphatic heterocycles. The van der Waals surface area contributed by atoms with Gasteiger partial charge in [0.05, 0.1) is 18.1 Å². The van der Waals surface area contributed by atoms with Gasteiger partial charge < -0.3 is 14.8 Å². The van der Waals surface area contributed by atoms with Gasteiger partial charge in [0.15, 0.2) is 18.1 Å². The summed E-state index contributed by atoms with van der Waals surface area (Å²) in [6.07, 6.45) is 0.766. The third kappa shape index (κ3) is 4.08. The number of methoxy groups -OCH3 is 1. The fourth-order valence-corrected chi connectivity index (χ4v) is 1.83. The standard InChI is InChI=1S/C14H20N2O5/c1-5-9(2)10-6-12(20-4)13(7-11(10)16(18)19)21-8-14(17)15-3/h6-7,9H,5,8H2,1-4H3,(H,15,17). The predicted octanol–water partition coefficient (Wildman–Crippen LogP) is 2.24. The van der Waals surface area contributed by atoms with E-state index in [0.717, 1.165) is 6.42 Å². The Bertz CT molecular complexity index is 530. The third-order valence-corrected chi connectivity index (χ3v) is 3.29. The monoisotopic (exact) mass is 296 g/mol. The van der Waals surface area contributed by atoms with Crippen molar-refractivity contribution in [2.45, 2.75) is 26.2 Å². The number of likely N-dealkylation sites (N-methyl/N-ethyl adjacent to an activating group) is 1. The maximum absolute atomic E-state index is 11.2. The number of nitrogens with zero attached hydrogens (tertiary/aromatic N) is 1. The Labute approximate surface area is 123 Å². The number of nitro benzene ring substituents is 1. The molecule has 0 fully saturated rings. The molecule has 0 spiro atoms. The average Bonchev–Trinajstić information content (AvgIpc) is 2.50. The van der Waals surface area contributed by atoms with E-state index in [1.165, 1.54) is 20.2 Å². The lowest BCUT2D eigenvalue weighted by Gasteiger charge is -2.15. The lowest BCUT2D eigenvalue weighted by atomic mass is 9.96. The van der Waals surface area contributed by atoms with Crippen molar-refractivity contribution in [3.63, 3.8) is 0 Å². The van der Waals surface area contributed by atoms with Crippen LogP contribution < -0.4 is 14.8 Å². The van der Waals surface area contributed by atoms with Crippen molar-refractivity contribution in [2.24, 2.45) is 0 Å². The smallest absolute Gasteiger partial charge is 0.276 e. The number of nitrogens with one attached hydrogen (secondary N) is 1. The highest BCUT2D eigenvalue weighted by molar-refractivity contribution is 5.77. The van der Waals surface area contributed by atoms with Crippen LogP contribution in [0.1, 0.15) is 31.7 Å². The van der Waals surface area contributed by atoms with Crippen LogP contribution >= 0.6 is 0 Å². The topological polar surface area (TPSA) is 90.7 Å². The van der Waals surface area contributed by atoms with Crippen LogP contribution in [0, 0.1) is 10.1 Å². The Morgan fingerprint density at radius 2 is 2.10 bits per heavy atom. The zero-order valence-corrected chi connectivity index (χ0v) is 12.6. The molecule has 7 nitrogen and oxygen atoms in total. The molecule has 1 rings (SSSR count). The maximum Gasteiger partial charge on any atom is 0.276 e. The van der Waals surface area contributed by atoms with E-state index in [-0.39, 0.29) is 29.9 Å². The molecule has 1 N–H and O–H groups in total. The number of ether oxygens (including phenoxy) is 2. The van der Waals surface area contributed by atoms with Crippen molar-refractivity contribution < 1.29 is 19.2 Å². The average molecular weight is 296 g/mol. The second-order valence-corrected chi connectivity index (χ2v) is 4.59. The van der Waals surface area contributed by atoms with Crippen molar-refractivity contribution in [3.8, 4) is 11.5 Å². The van der Waals surface area contributed by atoms with E-state index in [1.54, 1.807) is 6.07 Å². The van der Waals surface area contributed by atoms with Crippen molar-refractivity contribution in [3.05, 3.63) is 27.8 Å². The van der Waals surface area contributed by atoms with Gasteiger partial charge in [-0.1, -0.05) is 13.8 Å². The Morgan fingerprint density at radius 3 is 2.57 bits per heavy atom. The first-order chi connectivity index (χ1) is 9.94. The highest BCUT2D eigenvalue weighted by Gasteiger charge is 2.23. The van der Waals surface area contributed by atoms with Crippen LogP contribution in [0.5, 0.6) is 11.5 Å². The normalized spacial score (nSPS) is 11.6. The highest BCUT2D eigenvalue weighted by Crippen LogP contribution is 2.38. The summed E-state index contributed by atoms with van der Waals surface area (Å²) in [5.74, 6) is 0.248. The molecule has 0 radical (unpaired) electrons. The molecule has 1 aromatic rings. The summed E-state index contributed by atoms with van der Waals surface area (Å²) in [5, 5.41) is 13.6. The van der Waals surface area contributed by atoms with Gasteiger partial charge in [-0.25, -0.2) is 0 Å². The molecule has 7 heteroatoms. The van der Waals surface area contributed by atoms with Crippen molar-refractivity contribution >= 4 is 11.6 Å². The minimum absolute atomic E-state index is 0.0206. The molecule has 116 valence electrons. The number of nitro groups is 1. The molecule has 0 aliphatic carbocycles. The second kappa shape index (κ2) is 7.47. The van der Waals surface area contributed by atoms with Crippen LogP contribution in [-0.4, -0.2) is 31.6 Å². The summed E-state index contributed by atoms with van der Waals surface area (Å²) in [4.78, 5) is 22.0. The first-order valence-corrected chi connectivity index (χ1v) is 6.64. The number of carbonyl (C=O) groups excluding carboxylic acids is 1. The molecule has 0 aliphatic rings. The largest absolute Gasteiger partial charge is 0.493 e. The summed E-state index contributed by atoms with van der Waals surface area (Å²) < 4.78 is 10.5. The molecule has 0 saturated heterocycles. The van der Waals surface area contributed by atoms with Gasteiger partial charge in [-0.05, 0) is 18.4 Å². The molecule has 0 aromatic heterocycles. The summed E-state index contributed by atoms with van der Waals surface area (Å²) in [6.45, 7) is 3.64. The van der Waals surface area contributed by atoms with Gasteiger partial charge in [0.2, 0.25) is 0 Å². The van der Waals surface area contributed by atoms with Gasteiger partial charge in [0, 0.05) is 12.6 Å². The van der Waals surface area contributed by atoms with Crippen LogP contribution in [0.3, 0.4) is 0 Å². The van der Waals surface area contributed by atoms with E-state index in [4.69, 9.17) is 9.47 Å². The molecule has 0 saturated carbocycles. The van der Waals surface area contributed by atoms with E-state index in [0.29, 0.717) is 11.3 Å². The summed E-state index contributed by atoms with van der Waals surface area (Å²) >= 11 is 0. The number of benzene rings is 1. The summed E-state index contributed by atoms with van der Waals surface area (Å²) in [6, 6.07) is 2.91. The fraction of sp³-hybridized carbons (Fsp3) is 0.500. The van der Waals surface area contributed by atoms with E-state index in [1.807, 2.05) is 13.8 Å². The quantitative estimate of drug-likeness (QED) is 0.615. The summed E-state index contributed by atoms with van der Waals surface area (Å²) in [7, 11) is 2.94. The number of hydrogen-bond donors (Lipinski definition) is 1. The Balaban J connectivity index is 3.22. The van der Waals surface area contributed by atoms with Crippen LogP contribution in [0.15, 0.2) is 12.1 Å². The molecule has 0 heterocycles. The van der Waals surface area contributed by atoms with Crippen LogP contribution in [0.4, 0.5) is 5.69 Å². The van der Waals surface area contributed by atoms with Gasteiger partial charge in [-0.15, -0.1) is 0 Å². The number of hydrogen-bond acceptors (Lipinski definition) is 5. The highest BCUT2D eigenvalue weighted by atomic mass is 16.6. The van der Waals surface area contributed by atoms with E-state index in [2.05, 4.69) is 5.32 Å². The zero-order chi connectivity index (χ0) is 16.0. The van der Waals surface area contributed by atoms with E-state index in [9.17, 15) is 14.9 Å². The maximum atomic E-state index is 11.2. The molecule has 1 unspecified atom stereocenters. The molecule has 1 aromatic carbocycles. The van der Waals surface area contributed by atoms with Gasteiger partial charge in [0.25, 0.3) is 11.6 Å². The number of carbonyl (C=O) groups is 1. The molecule has 1 amide bonds. The number of amides is 1. The SMILES string of the molecule is CCC(C)c1cc(OC)c(OCC(=O)NC)cc1[N+](=O)[O-]. The van der Waals surface area contributed by atoms with Crippen LogP contribution in [-0.2, 0) is 4.79 Å². The first kappa shape index (κ1) is 16.7. The second-order valence-electron chi connectivity index (χ2n) is 4.59. The summed E-state index contributed by atoms with van der Waals surface area (Å²) in [5.41, 5.74) is 0.559. The molecular weight excluding hydrogens is 276 g/mol. The van der Waals surface area contributed by atoms with Crippen molar-refractivity contribution in [1.29, 1.82) is 0 Å². The molecule has 1 atom stereocenters. The minimum atomic E-state index is -0.451. The van der Waals surface area contributed by atoms with Crippen molar-refractivity contribution in [2.75, 3.05) is 20.8 Å². The van der Waals surface area contributed by atoms with Crippen LogP contribution in [0.2, 0.25) is 0 Å². The fourth-order valence-electron chi connectivity index (χ4n) is 1.83. The van der Waals surface area contributed by atoms with Gasteiger partial charge in [-0.2, -0.15) is 0 Å². The van der Waals surface area contributed by atoms with Gasteiger partial charge >= 0.3 is 0 Å². The molecular formula is C14H20N2O5. The lowest BCUT2D eigenvalue weighted by molar-refractivity contribution is -0.385. The van der Waals surface area contributed by atoms with Crippen molar-refractivity contribution in [1.82, 2.24) is 5.32 Å². The minimum Gasteiger partial charge on any atom is -0.493 e. The first-order valence-electron chi connectivity index (χ1n) is 6.64. The molecule has 0 bridgehead atoms. The Morgan fingerprint density at radius 1 is 1.43 bits per heavy atom. The van der Waals surface area contributed by atoms with Gasteiger partial charge in [-0.3, -0.25) is 14.9 Å². The van der Waals surface area contributed by atoms with Gasteiger partial charge in [0.1, 0.15) is 0 Å². The van der Waals surface area contributed by atoms with Crippen LogP contribution in [0.25, 0.3) is 0 Å². The zero-order valence-electron chi connectivity index (χ0n) is 12.6. The third-order valence-electron chi connectivity index (χ3n) is 3.29. The number of rotatable bonds is 7. The molecule has 21 heavy (non-hydrogen) atoms. The van der Waals surface area contributed by atoms with E-state index >= 15 is 0 Å². The Kier molecular flexibility index (Phi) is 5.95. The predicted molar refractivity (Wildman–Crippen MR) is 77.9 cm³/mol.